The van der Waals surface area contributed by atoms with Gasteiger partial charge in [-0.2, -0.15) is 0 Å². The summed E-state index contributed by atoms with van der Waals surface area (Å²) in [7, 11) is 0. The summed E-state index contributed by atoms with van der Waals surface area (Å²) >= 11 is 1.73. The van der Waals surface area contributed by atoms with Gasteiger partial charge in [0.1, 0.15) is 5.01 Å². The molecule has 1 unspecified atom stereocenters. The Morgan fingerprint density at radius 1 is 1.43 bits per heavy atom. The average molecular weight is 212 g/mol. The van der Waals surface area contributed by atoms with Gasteiger partial charge < -0.3 is 5.73 Å². The van der Waals surface area contributed by atoms with Crippen molar-refractivity contribution in [1.29, 1.82) is 0 Å². The Hall–Kier alpha value is -0.410. The third-order valence-electron chi connectivity index (χ3n) is 2.35. The number of hydrogen-bond donors (Lipinski definition) is 1. The van der Waals surface area contributed by atoms with E-state index in [0.29, 0.717) is 5.92 Å². The first kappa shape index (κ1) is 11.7. The van der Waals surface area contributed by atoms with Crippen molar-refractivity contribution in [2.75, 3.05) is 0 Å². The number of hydrogen-bond acceptors (Lipinski definition) is 3. The summed E-state index contributed by atoms with van der Waals surface area (Å²) in [6.45, 7) is 10.6. The molecule has 1 atom stereocenters. The van der Waals surface area contributed by atoms with Crippen molar-refractivity contribution in [3.05, 3.63) is 15.6 Å². The van der Waals surface area contributed by atoms with Crippen LogP contribution in [0.5, 0.6) is 0 Å². The number of thiazole rings is 1. The molecule has 0 spiro atoms. The van der Waals surface area contributed by atoms with Gasteiger partial charge in [0.05, 0.1) is 11.2 Å². The molecule has 14 heavy (non-hydrogen) atoms. The van der Waals surface area contributed by atoms with Crippen molar-refractivity contribution in [3.8, 4) is 0 Å². The fourth-order valence-electron chi connectivity index (χ4n) is 1.65. The summed E-state index contributed by atoms with van der Waals surface area (Å²) in [4.78, 5) is 5.81. The van der Waals surface area contributed by atoms with Crippen LogP contribution in [0.3, 0.4) is 0 Å². The molecule has 0 aliphatic rings. The molecule has 1 aromatic rings. The molecule has 0 bridgehead atoms. The lowest BCUT2D eigenvalue weighted by atomic mass is 9.92. The van der Waals surface area contributed by atoms with Gasteiger partial charge in [-0.3, -0.25) is 0 Å². The molecule has 1 rings (SSSR count). The summed E-state index contributed by atoms with van der Waals surface area (Å²) in [6, 6.07) is 0. The van der Waals surface area contributed by atoms with E-state index in [0.717, 1.165) is 17.1 Å². The summed E-state index contributed by atoms with van der Waals surface area (Å²) in [5.41, 5.74) is 7.12. The summed E-state index contributed by atoms with van der Waals surface area (Å²) in [5.74, 6) is 0.606. The molecule has 1 aromatic heterocycles. The van der Waals surface area contributed by atoms with Crippen molar-refractivity contribution < 1.29 is 0 Å². The van der Waals surface area contributed by atoms with Crippen LogP contribution in [0.2, 0.25) is 0 Å². The molecule has 0 radical (unpaired) electrons. The third-order valence-corrected chi connectivity index (χ3v) is 3.70. The quantitative estimate of drug-likeness (QED) is 0.836. The Morgan fingerprint density at radius 2 is 2.00 bits per heavy atom. The van der Waals surface area contributed by atoms with Gasteiger partial charge in [0.2, 0.25) is 0 Å². The van der Waals surface area contributed by atoms with Gasteiger partial charge >= 0.3 is 0 Å². The maximum atomic E-state index is 6.27. The van der Waals surface area contributed by atoms with Crippen molar-refractivity contribution in [3.63, 3.8) is 0 Å². The minimum atomic E-state index is -0.266. The van der Waals surface area contributed by atoms with Crippen LogP contribution < -0.4 is 5.73 Å². The highest BCUT2D eigenvalue weighted by Gasteiger charge is 2.26. The molecule has 0 aliphatic carbocycles. The zero-order chi connectivity index (χ0) is 10.9. The van der Waals surface area contributed by atoms with Gasteiger partial charge in [-0.25, -0.2) is 4.98 Å². The molecule has 2 nitrogen and oxygen atoms in total. The van der Waals surface area contributed by atoms with E-state index >= 15 is 0 Å². The number of nitrogens with two attached hydrogens (primary N) is 1. The van der Waals surface area contributed by atoms with Crippen LogP contribution in [0.4, 0.5) is 0 Å². The minimum absolute atomic E-state index is 0.266. The fraction of sp³-hybridized carbons (Fsp3) is 0.727. The molecule has 2 N–H and O–H groups in total. The van der Waals surface area contributed by atoms with Gasteiger partial charge in [-0.1, -0.05) is 13.8 Å². The number of rotatable bonds is 3. The molecule has 0 amide bonds. The lowest BCUT2D eigenvalue weighted by Crippen LogP contribution is -2.34. The van der Waals surface area contributed by atoms with Crippen molar-refractivity contribution in [2.45, 2.75) is 46.6 Å². The van der Waals surface area contributed by atoms with E-state index in [1.165, 1.54) is 4.88 Å². The van der Waals surface area contributed by atoms with Gasteiger partial charge in [-0.15, -0.1) is 11.3 Å². The fourth-order valence-corrected chi connectivity index (χ4v) is 2.63. The normalized spacial score (nSPS) is 15.9. The second kappa shape index (κ2) is 3.99. The van der Waals surface area contributed by atoms with Crippen LogP contribution >= 0.6 is 11.3 Å². The first-order chi connectivity index (χ1) is 6.33. The smallest absolute Gasteiger partial charge is 0.113 e. The van der Waals surface area contributed by atoms with Gasteiger partial charge in [-0.05, 0) is 33.1 Å². The van der Waals surface area contributed by atoms with E-state index in [-0.39, 0.29) is 5.54 Å². The Labute approximate surface area is 90.6 Å². The zero-order valence-electron chi connectivity index (χ0n) is 9.72. The van der Waals surface area contributed by atoms with E-state index in [1.54, 1.807) is 11.3 Å². The van der Waals surface area contributed by atoms with Crippen LogP contribution in [-0.4, -0.2) is 4.98 Å². The Morgan fingerprint density at radius 3 is 2.36 bits per heavy atom. The third kappa shape index (κ3) is 2.55. The minimum Gasteiger partial charge on any atom is -0.320 e. The molecule has 3 heteroatoms. The summed E-state index contributed by atoms with van der Waals surface area (Å²) in [5, 5.41) is 1.07. The molecular formula is C11H20N2S. The highest BCUT2D eigenvalue weighted by molar-refractivity contribution is 7.11. The van der Waals surface area contributed by atoms with E-state index in [1.807, 2.05) is 6.92 Å². The highest BCUT2D eigenvalue weighted by Crippen LogP contribution is 2.30. The monoisotopic (exact) mass is 212 g/mol. The van der Waals surface area contributed by atoms with Crippen molar-refractivity contribution in [1.82, 2.24) is 4.98 Å². The van der Waals surface area contributed by atoms with Crippen LogP contribution in [-0.2, 0) is 5.54 Å². The second-order valence-electron chi connectivity index (χ2n) is 4.68. The lowest BCUT2D eigenvalue weighted by Gasteiger charge is -2.23. The molecular weight excluding hydrogens is 192 g/mol. The molecule has 0 saturated heterocycles. The van der Waals surface area contributed by atoms with Crippen molar-refractivity contribution in [2.24, 2.45) is 11.7 Å². The largest absolute Gasteiger partial charge is 0.320 e. The van der Waals surface area contributed by atoms with E-state index in [9.17, 15) is 0 Å². The maximum absolute atomic E-state index is 6.27. The van der Waals surface area contributed by atoms with Gasteiger partial charge in [0.15, 0.2) is 0 Å². The molecule has 0 fully saturated rings. The molecule has 0 saturated carbocycles. The molecule has 0 aliphatic heterocycles. The number of nitrogens with zero attached hydrogens (tertiary/aromatic N) is 1. The molecule has 0 aromatic carbocycles. The van der Waals surface area contributed by atoms with Crippen LogP contribution in [0, 0.1) is 19.8 Å². The van der Waals surface area contributed by atoms with E-state index < -0.39 is 0 Å². The first-order valence-electron chi connectivity index (χ1n) is 5.06. The van der Waals surface area contributed by atoms with Gasteiger partial charge in [0, 0.05) is 4.88 Å². The lowest BCUT2D eigenvalue weighted by molar-refractivity contribution is 0.379. The Kier molecular flexibility index (Phi) is 3.32. The summed E-state index contributed by atoms with van der Waals surface area (Å²) in [6.07, 6.45) is 0.986. The number of aromatic nitrogens is 1. The first-order valence-corrected chi connectivity index (χ1v) is 5.88. The SMILES string of the molecule is Cc1nc(C(C)(N)CC(C)C)sc1C. The number of aryl methyl sites for hydroxylation is 2. The van der Waals surface area contributed by atoms with Crippen LogP contribution in [0.15, 0.2) is 0 Å². The predicted octanol–water partition coefficient (Wildman–Crippen LogP) is 2.98. The van der Waals surface area contributed by atoms with Gasteiger partial charge in [0.25, 0.3) is 0 Å². The Bertz CT molecular complexity index is 294. The molecule has 80 valence electrons. The second-order valence-corrected chi connectivity index (χ2v) is 5.88. The van der Waals surface area contributed by atoms with Crippen molar-refractivity contribution >= 4 is 11.3 Å². The van der Waals surface area contributed by atoms with Crippen LogP contribution in [0.1, 0.15) is 42.8 Å². The van der Waals surface area contributed by atoms with Crippen LogP contribution in [0.25, 0.3) is 0 Å². The topological polar surface area (TPSA) is 38.9 Å². The predicted molar refractivity (Wildman–Crippen MR) is 62.6 cm³/mol. The Balaban J connectivity index is 2.91. The van der Waals surface area contributed by atoms with E-state index in [4.69, 9.17) is 5.73 Å². The highest BCUT2D eigenvalue weighted by atomic mass is 32.1. The summed E-state index contributed by atoms with van der Waals surface area (Å²) < 4.78 is 0. The average Bonchev–Trinajstić information content (AvgIpc) is 2.30. The standard InChI is InChI=1S/C11H20N2S/c1-7(2)6-11(5,12)10-13-8(3)9(4)14-10/h7H,6,12H2,1-5H3. The van der Waals surface area contributed by atoms with E-state index in [2.05, 4.69) is 32.7 Å². The maximum Gasteiger partial charge on any atom is 0.113 e. The molecule has 1 heterocycles. The zero-order valence-corrected chi connectivity index (χ0v) is 10.5.